The number of quaternary nitrogens is 1. The lowest BCUT2D eigenvalue weighted by molar-refractivity contribution is -0.890. The van der Waals surface area contributed by atoms with E-state index in [-0.39, 0.29) is 11.8 Å². The van der Waals surface area contributed by atoms with Crippen LogP contribution >= 0.6 is 0 Å². The Labute approximate surface area is 157 Å². The van der Waals surface area contributed by atoms with E-state index in [0.29, 0.717) is 13.0 Å². The summed E-state index contributed by atoms with van der Waals surface area (Å²) in [5.41, 5.74) is 3.29. The number of anilines is 1. The van der Waals surface area contributed by atoms with Crippen molar-refractivity contribution >= 4 is 15.7 Å². The minimum absolute atomic E-state index is 0.0673. The predicted molar refractivity (Wildman–Crippen MR) is 108 cm³/mol. The average Bonchev–Trinajstić information content (AvgIpc) is 2.61. The van der Waals surface area contributed by atoms with Crippen molar-refractivity contribution in [3.05, 3.63) is 65.7 Å². The van der Waals surface area contributed by atoms with E-state index >= 15 is 0 Å². The summed E-state index contributed by atoms with van der Waals surface area (Å²) in [6.45, 7) is 0.390. The fourth-order valence-electron chi connectivity index (χ4n) is 2.84. The number of hydrogen-bond acceptors (Lipinski definition) is 3. The molecule has 6 heteroatoms. The molecule has 0 saturated heterocycles. The lowest BCUT2D eigenvalue weighted by Crippen LogP contribution is -3.07. The van der Waals surface area contributed by atoms with Gasteiger partial charge in [-0.25, -0.2) is 13.1 Å². The van der Waals surface area contributed by atoms with Gasteiger partial charge in [0.1, 0.15) is 6.04 Å². The molecule has 142 valence electrons. The Bertz CT molecular complexity index is 772. The van der Waals surface area contributed by atoms with Gasteiger partial charge in [0.2, 0.25) is 10.0 Å². The van der Waals surface area contributed by atoms with Gasteiger partial charge in [0.15, 0.2) is 0 Å². The first-order valence-electron chi connectivity index (χ1n) is 8.87. The lowest BCUT2D eigenvalue weighted by atomic mass is 10.1. The number of sulfonamides is 1. The highest BCUT2D eigenvalue weighted by Gasteiger charge is 2.21. The molecule has 0 aliphatic rings. The number of likely N-dealkylation sites (N-methyl/N-ethyl adjacent to an activating group) is 1. The number of aryl methyl sites for hydroxylation is 1. The van der Waals surface area contributed by atoms with Gasteiger partial charge in [-0.1, -0.05) is 42.5 Å². The van der Waals surface area contributed by atoms with Crippen LogP contribution in [0.15, 0.2) is 54.6 Å². The van der Waals surface area contributed by atoms with Gasteiger partial charge in [-0.3, -0.25) is 0 Å². The second kappa shape index (κ2) is 9.16. The van der Waals surface area contributed by atoms with Crippen LogP contribution in [0.3, 0.4) is 0 Å². The maximum absolute atomic E-state index is 12.4. The zero-order valence-corrected chi connectivity index (χ0v) is 16.9. The smallest absolute Gasteiger partial charge is 0.212 e. The van der Waals surface area contributed by atoms with Crippen molar-refractivity contribution in [3.63, 3.8) is 0 Å². The Balaban J connectivity index is 1.98. The van der Waals surface area contributed by atoms with Gasteiger partial charge in [0.05, 0.1) is 26.4 Å². The molecule has 0 fully saturated rings. The standard InChI is InChI=1S/C20H29N3O2S/c1-22(2)19-12-10-18(11-13-19)20(23(3)4)16-21-26(24,25)15-14-17-8-6-5-7-9-17/h5-13,20-21H,14-16H2,1-4H3/p+1/t20-/m0/s1. The normalized spacial score (nSPS) is 13.0. The van der Waals surface area contributed by atoms with Crippen LogP contribution in [-0.4, -0.2) is 48.9 Å². The minimum atomic E-state index is -3.31. The average molecular weight is 377 g/mol. The van der Waals surface area contributed by atoms with Crippen molar-refractivity contribution in [1.82, 2.24) is 4.72 Å². The molecule has 0 radical (unpaired) electrons. The molecule has 2 aromatic carbocycles. The van der Waals surface area contributed by atoms with Crippen LogP contribution in [0.1, 0.15) is 17.2 Å². The predicted octanol–water partition coefficient (Wildman–Crippen LogP) is 1.10. The Morgan fingerprint density at radius 1 is 1.00 bits per heavy atom. The summed E-state index contributed by atoms with van der Waals surface area (Å²) in [7, 11) is 4.79. The highest BCUT2D eigenvalue weighted by atomic mass is 32.2. The molecule has 0 amide bonds. The van der Waals surface area contributed by atoms with Crippen molar-refractivity contribution in [2.45, 2.75) is 12.5 Å². The van der Waals surface area contributed by atoms with Gasteiger partial charge in [0, 0.05) is 25.3 Å². The first kappa shape index (κ1) is 20.4. The van der Waals surface area contributed by atoms with Gasteiger partial charge in [-0.05, 0) is 24.1 Å². The number of nitrogens with zero attached hydrogens (tertiary/aromatic N) is 1. The summed E-state index contributed by atoms with van der Waals surface area (Å²) in [4.78, 5) is 3.24. The summed E-state index contributed by atoms with van der Waals surface area (Å²) < 4.78 is 27.5. The molecule has 0 bridgehead atoms. The van der Waals surface area contributed by atoms with E-state index < -0.39 is 10.0 Å². The molecule has 2 rings (SSSR count). The van der Waals surface area contributed by atoms with Crippen LogP contribution in [-0.2, 0) is 16.4 Å². The van der Waals surface area contributed by atoms with Crippen molar-refractivity contribution in [2.24, 2.45) is 0 Å². The van der Waals surface area contributed by atoms with Crippen molar-refractivity contribution < 1.29 is 13.3 Å². The molecule has 0 spiro atoms. The molecule has 5 nitrogen and oxygen atoms in total. The zero-order valence-electron chi connectivity index (χ0n) is 16.1. The van der Waals surface area contributed by atoms with Crippen LogP contribution < -0.4 is 14.5 Å². The highest BCUT2D eigenvalue weighted by Crippen LogP contribution is 2.16. The van der Waals surface area contributed by atoms with Crippen LogP contribution in [0.25, 0.3) is 0 Å². The third-order valence-electron chi connectivity index (χ3n) is 4.52. The van der Waals surface area contributed by atoms with E-state index in [9.17, 15) is 8.42 Å². The zero-order chi connectivity index (χ0) is 19.2. The molecule has 0 unspecified atom stereocenters. The molecule has 2 aromatic rings. The summed E-state index contributed by atoms with van der Waals surface area (Å²) >= 11 is 0. The van der Waals surface area contributed by atoms with Crippen molar-refractivity contribution in [2.75, 3.05) is 45.4 Å². The summed E-state index contributed by atoms with van der Waals surface area (Å²) in [6.07, 6.45) is 0.521. The molecule has 26 heavy (non-hydrogen) atoms. The Morgan fingerprint density at radius 3 is 2.15 bits per heavy atom. The van der Waals surface area contributed by atoms with Crippen molar-refractivity contribution in [3.8, 4) is 0 Å². The summed E-state index contributed by atoms with van der Waals surface area (Å²) in [5, 5.41) is 0. The topological polar surface area (TPSA) is 53.9 Å². The van der Waals surface area contributed by atoms with E-state index in [1.54, 1.807) is 0 Å². The van der Waals surface area contributed by atoms with E-state index in [4.69, 9.17) is 0 Å². The molecule has 0 saturated carbocycles. The van der Waals surface area contributed by atoms with E-state index in [2.05, 4.69) is 29.0 Å². The number of benzene rings is 2. The molecular formula is C20H30N3O2S+. The van der Waals surface area contributed by atoms with Crippen LogP contribution in [0.4, 0.5) is 5.69 Å². The molecule has 0 heterocycles. The molecule has 0 aromatic heterocycles. The van der Waals surface area contributed by atoms with E-state index in [1.807, 2.05) is 63.4 Å². The van der Waals surface area contributed by atoms with Crippen LogP contribution in [0.2, 0.25) is 0 Å². The van der Waals surface area contributed by atoms with Gasteiger partial charge in [-0.15, -0.1) is 0 Å². The second-order valence-electron chi connectivity index (χ2n) is 7.02. The minimum Gasteiger partial charge on any atom is -0.378 e. The van der Waals surface area contributed by atoms with Gasteiger partial charge in [0.25, 0.3) is 0 Å². The molecular weight excluding hydrogens is 346 g/mol. The molecule has 0 aliphatic carbocycles. The molecule has 0 aliphatic heterocycles. The maximum atomic E-state index is 12.4. The number of hydrogen-bond donors (Lipinski definition) is 2. The highest BCUT2D eigenvalue weighted by molar-refractivity contribution is 7.89. The first-order chi connectivity index (χ1) is 12.3. The van der Waals surface area contributed by atoms with Gasteiger partial charge in [-0.2, -0.15) is 0 Å². The number of rotatable bonds is 9. The largest absolute Gasteiger partial charge is 0.378 e. The monoisotopic (exact) mass is 376 g/mol. The SMILES string of the molecule is CN(C)c1ccc([C@H](CNS(=O)(=O)CCc2ccccc2)[NH+](C)C)cc1. The fraction of sp³-hybridized carbons (Fsp3) is 0.400. The molecule has 1 atom stereocenters. The van der Waals surface area contributed by atoms with Crippen LogP contribution in [0.5, 0.6) is 0 Å². The first-order valence-corrected chi connectivity index (χ1v) is 10.5. The third kappa shape index (κ3) is 6.12. The van der Waals surface area contributed by atoms with E-state index in [1.165, 1.54) is 4.90 Å². The fourth-order valence-corrected chi connectivity index (χ4v) is 3.91. The van der Waals surface area contributed by atoms with E-state index in [0.717, 1.165) is 16.8 Å². The van der Waals surface area contributed by atoms with Crippen LogP contribution in [0, 0.1) is 0 Å². The Morgan fingerprint density at radius 2 is 1.62 bits per heavy atom. The Hall–Kier alpha value is -1.89. The third-order valence-corrected chi connectivity index (χ3v) is 5.87. The van der Waals surface area contributed by atoms with Gasteiger partial charge < -0.3 is 9.80 Å². The van der Waals surface area contributed by atoms with Crippen molar-refractivity contribution in [1.29, 1.82) is 0 Å². The maximum Gasteiger partial charge on any atom is 0.212 e. The number of nitrogens with one attached hydrogen (secondary N) is 2. The van der Waals surface area contributed by atoms with Gasteiger partial charge >= 0.3 is 0 Å². The Kier molecular flexibility index (Phi) is 7.20. The second-order valence-corrected chi connectivity index (χ2v) is 8.95. The molecule has 2 N–H and O–H groups in total. The summed E-state index contributed by atoms with van der Waals surface area (Å²) in [5.74, 6) is 0.103. The lowest BCUT2D eigenvalue weighted by Gasteiger charge is -2.23. The summed E-state index contributed by atoms with van der Waals surface area (Å²) in [6, 6.07) is 18.0. The quantitative estimate of drug-likeness (QED) is 0.689.